The van der Waals surface area contributed by atoms with Crippen molar-refractivity contribution in [3.63, 3.8) is 0 Å². The smallest absolute Gasteiger partial charge is 0.251 e. The van der Waals surface area contributed by atoms with Crippen molar-refractivity contribution in [2.24, 2.45) is 0 Å². The number of amides is 1. The fraction of sp³-hybridized carbons (Fsp3) is 0.167. The van der Waals surface area contributed by atoms with E-state index in [-0.39, 0.29) is 11.7 Å². The predicted octanol–water partition coefficient (Wildman–Crippen LogP) is 5.08. The molecule has 0 saturated heterocycles. The van der Waals surface area contributed by atoms with Crippen LogP contribution in [-0.2, 0) is 4.79 Å². The molecule has 2 N–H and O–H groups in total. The van der Waals surface area contributed by atoms with Crippen molar-refractivity contribution in [3.05, 3.63) is 90.0 Å². The number of carbonyl (C=O) groups excluding carboxylic acids is 2. The van der Waals surface area contributed by atoms with E-state index in [1.54, 1.807) is 24.3 Å². The molecule has 29 heavy (non-hydrogen) atoms. The van der Waals surface area contributed by atoms with E-state index in [2.05, 4.69) is 10.6 Å². The van der Waals surface area contributed by atoms with E-state index in [1.807, 2.05) is 61.5 Å². The number of carbonyl (C=O) groups is 2. The number of hydrogen-bond donors (Lipinski definition) is 2. The second-order valence-electron chi connectivity index (χ2n) is 6.57. The van der Waals surface area contributed by atoms with Crippen LogP contribution in [0.25, 0.3) is 0 Å². The molecule has 0 heterocycles. The molecule has 3 aromatic rings. The van der Waals surface area contributed by atoms with Gasteiger partial charge in [0.15, 0.2) is 5.78 Å². The number of hydrogen-bond acceptors (Lipinski definition) is 4. The van der Waals surface area contributed by atoms with Gasteiger partial charge in [-0.15, -0.1) is 0 Å². The molecule has 0 aliphatic heterocycles. The van der Waals surface area contributed by atoms with Gasteiger partial charge in [-0.2, -0.15) is 0 Å². The molecule has 1 atom stereocenters. The molecule has 0 aliphatic carbocycles. The standard InChI is InChI=1S/C24H24N2O3/c1-3-29-22-14-12-20(13-15-22)25-23(18-8-5-4-6-9-18)24(28)26-21-11-7-10-19(16-21)17(2)27/h4-16,23,25H,3H2,1-2H3,(H,26,28)/t23-/m1/s1. The minimum Gasteiger partial charge on any atom is -0.494 e. The molecule has 3 rings (SSSR count). The Kier molecular flexibility index (Phi) is 6.63. The highest BCUT2D eigenvalue weighted by atomic mass is 16.5. The lowest BCUT2D eigenvalue weighted by Crippen LogP contribution is -2.27. The summed E-state index contributed by atoms with van der Waals surface area (Å²) in [6.45, 7) is 4.03. The molecule has 0 saturated carbocycles. The van der Waals surface area contributed by atoms with Crippen molar-refractivity contribution < 1.29 is 14.3 Å². The Morgan fingerprint density at radius 1 is 0.897 bits per heavy atom. The zero-order valence-electron chi connectivity index (χ0n) is 16.5. The lowest BCUT2D eigenvalue weighted by atomic mass is 10.0. The molecule has 0 aromatic heterocycles. The van der Waals surface area contributed by atoms with Crippen molar-refractivity contribution in [3.8, 4) is 5.75 Å². The first kappa shape index (κ1) is 20.1. The van der Waals surface area contributed by atoms with Gasteiger partial charge in [-0.25, -0.2) is 0 Å². The second kappa shape index (κ2) is 9.55. The predicted molar refractivity (Wildman–Crippen MR) is 115 cm³/mol. The molecule has 0 bridgehead atoms. The highest BCUT2D eigenvalue weighted by Crippen LogP contribution is 2.24. The zero-order chi connectivity index (χ0) is 20.6. The summed E-state index contributed by atoms with van der Waals surface area (Å²) in [5, 5.41) is 6.20. The van der Waals surface area contributed by atoms with Crippen molar-refractivity contribution in [1.29, 1.82) is 0 Å². The van der Waals surface area contributed by atoms with Gasteiger partial charge < -0.3 is 15.4 Å². The largest absolute Gasteiger partial charge is 0.494 e. The monoisotopic (exact) mass is 388 g/mol. The van der Waals surface area contributed by atoms with Gasteiger partial charge >= 0.3 is 0 Å². The SMILES string of the molecule is CCOc1ccc(N[C@@H](C(=O)Nc2cccc(C(C)=O)c2)c2ccccc2)cc1. The number of benzene rings is 3. The molecular weight excluding hydrogens is 364 g/mol. The molecule has 0 aliphatic rings. The summed E-state index contributed by atoms with van der Waals surface area (Å²) in [6.07, 6.45) is 0. The van der Waals surface area contributed by atoms with Crippen molar-refractivity contribution in [2.45, 2.75) is 19.9 Å². The molecule has 5 heteroatoms. The molecule has 0 spiro atoms. The molecule has 3 aromatic carbocycles. The average Bonchev–Trinajstić information content (AvgIpc) is 2.74. The first-order chi connectivity index (χ1) is 14.1. The molecule has 1 amide bonds. The third kappa shape index (κ3) is 5.45. The van der Waals surface area contributed by atoms with Crippen LogP contribution < -0.4 is 15.4 Å². The van der Waals surface area contributed by atoms with E-state index >= 15 is 0 Å². The lowest BCUT2D eigenvalue weighted by molar-refractivity contribution is -0.117. The molecule has 5 nitrogen and oxygen atoms in total. The summed E-state index contributed by atoms with van der Waals surface area (Å²) in [5.41, 5.74) is 2.77. The lowest BCUT2D eigenvalue weighted by Gasteiger charge is -2.20. The Morgan fingerprint density at radius 3 is 2.28 bits per heavy atom. The third-order valence-electron chi connectivity index (χ3n) is 4.41. The molecule has 148 valence electrons. The Bertz CT molecular complexity index is 969. The maximum atomic E-state index is 13.1. The van der Waals surface area contributed by atoms with Crippen LogP contribution in [0, 0.1) is 0 Å². The van der Waals surface area contributed by atoms with E-state index in [4.69, 9.17) is 4.74 Å². The quantitative estimate of drug-likeness (QED) is 0.528. The van der Waals surface area contributed by atoms with Gasteiger partial charge in [-0.05, 0) is 55.8 Å². The van der Waals surface area contributed by atoms with Gasteiger partial charge in [-0.3, -0.25) is 9.59 Å². The number of Topliss-reactive ketones (excluding diaryl/α,β-unsaturated/α-hetero) is 1. The highest BCUT2D eigenvalue weighted by Gasteiger charge is 2.21. The summed E-state index contributed by atoms with van der Waals surface area (Å²) >= 11 is 0. The van der Waals surface area contributed by atoms with Crippen LogP contribution in [0.1, 0.15) is 35.8 Å². The third-order valence-corrected chi connectivity index (χ3v) is 4.41. The number of ether oxygens (including phenoxy) is 1. The van der Waals surface area contributed by atoms with Crippen LogP contribution in [0.15, 0.2) is 78.9 Å². The van der Waals surface area contributed by atoms with Gasteiger partial charge in [0.2, 0.25) is 0 Å². The van der Waals surface area contributed by atoms with E-state index in [0.29, 0.717) is 17.9 Å². The molecule has 0 unspecified atom stereocenters. The zero-order valence-corrected chi connectivity index (χ0v) is 16.5. The molecule has 0 fully saturated rings. The Morgan fingerprint density at radius 2 is 1.62 bits per heavy atom. The highest BCUT2D eigenvalue weighted by molar-refractivity contribution is 5.99. The Labute approximate surface area is 170 Å². The van der Waals surface area contributed by atoms with Crippen LogP contribution >= 0.6 is 0 Å². The van der Waals surface area contributed by atoms with Gasteiger partial charge in [0.05, 0.1) is 6.61 Å². The molecular formula is C24H24N2O3. The summed E-state index contributed by atoms with van der Waals surface area (Å²) in [6, 6.07) is 23.3. The Hall–Kier alpha value is -3.60. The van der Waals surface area contributed by atoms with Gasteiger partial charge in [0, 0.05) is 16.9 Å². The number of nitrogens with one attached hydrogen (secondary N) is 2. The van der Waals surface area contributed by atoms with Crippen molar-refractivity contribution in [2.75, 3.05) is 17.2 Å². The van der Waals surface area contributed by atoms with Crippen LogP contribution in [0.5, 0.6) is 5.75 Å². The Balaban J connectivity index is 1.82. The molecule has 0 radical (unpaired) electrons. The minimum absolute atomic E-state index is 0.0479. The average molecular weight is 388 g/mol. The van der Waals surface area contributed by atoms with E-state index < -0.39 is 6.04 Å². The van der Waals surface area contributed by atoms with Crippen LogP contribution in [-0.4, -0.2) is 18.3 Å². The van der Waals surface area contributed by atoms with Gasteiger partial charge in [-0.1, -0.05) is 42.5 Å². The van der Waals surface area contributed by atoms with E-state index in [9.17, 15) is 9.59 Å². The number of anilines is 2. The van der Waals surface area contributed by atoms with Crippen molar-refractivity contribution in [1.82, 2.24) is 0 Å². The first-order valence-corrected chi connectivity index (χ1v) is 9.53. The fourth-order valence-electron chi connectivity index (χ4n) is 2.96. The van der Waals surface area contributed by atoms with E-state index in [0.717, 1.165) is 17.0 Å². The second-order valence-corrected chi connectivity index (χ2v) is 6.57. The number of rotatable bonds is 8. The van der Waals surface area contributed by atoms with Crippen LogP contribution in [0.4, 0.5) is 11.4 Å². The summed E-state index contributed by atoms with van der Waals surface area (Å²) in [7, 11) is 0. The normalized spacial score (nSPS) is 11.4. The maximum Gasteiger partial charge on any atom is 0.251 e. The summed E-state index contributed by atoms with van der Waals surface area (Å²) < 4.78 is 5.47. The summed E-state index contributed by atoms with van der Waals surface area (Å²) in [5.74, 6) is 0.513. The fourth-order valence-corrected chi connectivity index (χ4v) is 2.96. The minimum atomic E-state index is -0.602. The van der Waals surface area contributed by atoms with Crippen LogP contribution in [0.3, 0.4) is 0 Å². The topological polar surface area (TPSA) is 67.4 Å². The maximum absolute atomic E-state index is 13.1. The number of ketones is 1. The first-order valence-electron chi connectivity index (χ1n) is 9.53. The van der Waals surface area contributed by atoms with E-state index in [1.165, 1.54) is 6.92 Å². The van der Waals surface area contributed by atoms with Crippen molar-refractivity contribution >= 4 is 23.1 Å². The van der Waals surface area contributed by atoms with Gasteiger partial charge in [0.25, 0.3) is 5.91 Å². The summed E-state index contributed by atoms with van der Waals surface area (Å²) in [4.78, 5) is 24.7. The van der Waals surface area contributed by atoms with Crippen LogP contribution in [0.2, 0.25) is 0 Å². The van der Waals surface area contributed by atoms with Gasteiger partial charge in [0.1, 0.15) is 11.8 Å².